The van der Waals surface area contributed by atoms with Gasteiger partial charge in [0.2, 0.25) is 0 Å². The van der Waals surface area contributed by atoms with Crippen molar-refractivity contribution >= 4 is 17.6 Å². The molecule has 0 fully saturated rings. The lowest BCUT2D eigenvalue weighted by molar-refractivity contribution is -0.141. The van der Waals surface area contributed by atoms with Gasteiger partial charge in [-0.25, -0.2) is 0 Å². The molecule has 0 bridgehead atoms. The Bertz CT molecular complexity index is 524. The quantitative estimate of drug-likeness (QED) is 0.674. The Morgan fingerprint density at radius 1 is 1.25 bits per heavy atom. The number of anilines is 1. The molecular formula is C15H22N2O3. The maximum Gasteiger partial charge on any atom is 0.325 e. The number of carbonyl (C=O) groups excluding carboxylic acids is 2. The largest absolute Gasteiger partial charge is 0.468 e. The number of ether oxygens (including phenoxy) is 1. The van der Waals surface area contributed by atoms with Gasteiger partial charge in [0.15, 0.2) is 0 Å². The standard InChI is InChI=1S/C15H22N2O3/c1-9(2)17(8-14(18)20-5)15(19)12-7-13(16)11(4)6-10(12)3/h6-7,9H,8,16H2,1-5H3. The van der Waals surface area contributed by atoms with Crippen LogP contribution in [0, 0.1) is 13.8 Å². The van der Waals surface area contributed by atoms with E-state index in [0.717, 1.165) is 11.1 Å². The number of carbonyl (C=O) groups is 2. The van der Waals surface area contributed by atoms with Crippen molar-refractivity contribution < 1.29 is 14.3 Å². The SMILES string of the molecule is COC(=O)CN(C(=O)c1cc(N)c(C)cc1C)C(C)C. The predicted octanol–water partition coefficient (Wildman–Crippen LogP) is 1.91. The molecule has 5 nitrogen and oxygen atoms in total. The Morgan fingerprint density at radius 2 is 1.85 bits per heavy atom. The number of nitrogens with zero attached hydrogens (tertiary/aromatic N) is 1. The Labute approximate surface area is 119 Å². The molecule has 110 valence electrons. The molecule has 0 heterocycles. The average Bonchev–Trinajstić information content (AvgIpc) is 2.38. The maximum atomic E-state index is 12.6. The Morgan fingerprint density at radius 3 is 2.35 bits per heavy atom. The summed E-state index contributed by atoms with van der Waals surface area (Å²) in [5.41, 5.74) is 8.74. The third-order valence-electron chi connectivity index (χ3n) is 3.25. The number of hydrogen-bond acceptors (Lipinski definition) is 4. The Kier molecular flexibility index (Phi) is 5.13. The highest BCUT2D eigenvalue weighted by molar-refractivity contribution is 5.98. The molecule has 0 atom stereocenters. The van der Waals surface area contributed by atoms with E-state index in [1.807, 2.05) is 33.8 Å². The highest BCUT2D eigenvalue weighted by atomic mass is 16.5. The van der Waals surface area contributed by atoms with Crippen molar-refractivity contribution in [1.29, 1.82) is 0 Å². The van der Waals surface area contributed by atoms with Gasteiger partial charge in [0, 0.05) is 17.3 Å². The first-order chi connectivity index (χ1) is 9.27. The number of methoxy groups -OCH3 is 1. The average molecular weight is 278 g/mol. The summed E-state index contributed by atoms with van der Waals surface area (Å²) in [5.74, 6) is -0.653. The van der Waals surface area contributed by atoms with Crippen molar-refractivity contribution in [3.63, 3.8) is 0 Å². The lowest BCUT2D eigenvalue weighted by Crippen LogP contribution is -2.41. The fraction of sp³-hybridized carbons (Fsp3) is 0.467. The number of hydrogen-bond donors (Lipinski definition) is 1. The lowest BCUT2D eigenvalue weighted by atomic mass is 10.0. The van der Waals surface area contributed by atoms with Crippen molar-refractivity contribution in [3.05, 3.63) is 28.8 Å². The van der Waals surface area contributed by atoms with E-state index < -0.39 is 5.97 Å². The summed E-state index contributed by atoms with van der Waals surface area (Å²) in [6.45, 7) is 7.39. The molecule has 0 aliphatic heterocycles. The normalized spacial score (nSPS) is 10.5. The number of benzene rings is 1. The van der Waals surface area contributed by atoms with Crippen LogP contribution in [0.25, 0.3) is 0 Å². The van der Waals surface area contributed by atoms with Gasteiger partial charge in [-0.1, -0.05) is 6.07 Å². The molecule has 0 saturated carbocycles. The molecular weight excluding hydrogens is 256 g/mol. The monoisotopic (exact) mass is 278 g/mol. The molecule has 20 heavy (non-hydrogen) atoms. The first-order valence-electron chi connectivity index (χ1n) is 6.52. The second kappa shape index (κ2) is 6.41. The molecule has 1 aromatic rings. The van der Waals surface area contributed by atoms with E-state index in [2.05, 4.69) is 4.74 Å². The molecule has 1 rings (SSSR count). The summed E-state index contributed by atoms with van der Waals surface area (Å²) in [4.78, 5) is 25.5. The second-order valence-corrected chi connectivity index (χ2v) is 5.13. The summed E-state index contributed by atoms with van der Waals surface area (Å²) in [5, 5.41) is 0. The van der Waals surface area contributed by atoms with Crippen LogP contribution in [0.3, 0.4) is 0 Å². The van der Waals surface area contributed by atoms with Gasteiger partial charge in [0.1, 0.15) is 6.54 Å². The third-order valence-corrected chi connectivity index (χ3v) is 3.25. The summed E-state index contributed by atoms with van der Waals surface area (Å²) >= 11 is 0. The summed E-state index contributed by atoms with van der Waals surface area (Å²) in [6, 6.07) is 3.43. The van der Waals surface area contributed by atoms with Gasteiger partial charge in [0.05, 0.1) is 7.11 Å². The first-order valence-corrected chi connectivity index (χ1v) is 6.52. The van der Waals surface area contributed by atoms with Gasteiger partial charge >= 0.3 is 5.97 Å². The van der Waals surface area contributed by atoms with E-state index in [-0.39, 0.29) is 18.5 Å². The molecule has 0 aliphatic carbocycles. The van der Waals surface area contributed by atoms with E-state index >= 15 is 0 Å². The fourth-order valence-electron chi connectivity index (χ4n) is 1.95. The van der Waals surface area contributed by atoms with Crippen molar-refractivity contribution in [2.75, 3.05) is 19.4 Å². The van der Waals surface area contributed by atoms with Crippen LogP contribution >= 0.6 is 0 Å². The first kappa shape index (κ1) is 16.0. The zero-order valence-corrected chi connectivity index (χ0v) is 12.7. The van der Waals surface area contributed by atoms with Crippen LogP contribution in [0.2, 0.25) is 0 Å². The number of nitrogens with two attached hydrogens (primary N) is 1. The maximum absolute atomic E-state index is 12.6. The Hall–Kier alpha value is -2.04. The summed E-state index contributed by atoms with van der Waals surface area (Å²) in [6.07, 6.45) is 0. The molecule has 0 unspecified atom stereocenters. The minimum Gasteiger partial charge on any atom is -0.468 e. The van der Waals surface area contributed by atoms with Crippen molar-refractivity contribution in [2.24, 2.45) is 0 Å². The molecule has 0 aromatic heterocycles. The number of rotatable bonds is 4. The van der Waals surface area contributed by atoms with Crippen molar-refractivity contribution in [1.82, 2.24) is 4.90 Å². The van der Waals surface area contributed by atoms with Gasteiger partial charge in [-0.15, -0.1) is 0 Å². The number of aryl methyl sites for hydroxylation is 2. The Balaban J connectivity index is 3.13. The van der Waals surface area contributed by atoms with E-state index in [9.17, 15) is 9.59 Å². The molecule has 0 spiro atoms. The molecule has 2 N–H and O–H groups in total. The second-order valence-electron chi connectivity index (χ2n) is 5.13. The predicted molar refractivity (Wildman–Crippen MR) is 78.5 cm³/mol. The summed E-state index contributed by atoms with van der Waals surface area (Å²) in [7, 11) is 1.31. The molecule has 0 saturated heterocycles. The van der Waals surface area contributed by atoms with E-state index in [4.69, 9.17) is 5.73 Å². The van der Waals surface area contributed by atoms with Crippen LogP contribution in [0.4, 0.5) is 5.69 Å². The van der Waals surface area contributed by atoms with Gasteiger partial charge in [0.25, 0.3) is 5.91 Å². The molecule has 0 radical (unpaired) electrons. The van der Waals surface area contributed by atoms with Gasteiger partial charge in [-0.2, -0.15) is 0 Å². The van der Waals surface area contributed by atoms with Crippen LogP contribution in [-0.2, 0) is 9.53 Å². The highest BCUT2D eigenvalue weighted by Crippen LogP contribution is 2.20. The fourth-order valence-corrected chi connectivity index (χ4v) is 1.95. The topological polar surface area (TPSA) is 72.6 Å². The van der Waals surface area contributed by atoms with Gasteiger partial charge in [-0.3, -0.25) is 9.59 Å². The molecule has 0 aliphatic rings. The number of esters is 1. The van der Waals surface area contributed by atoms with Crippen LogP contribution in [0.5, 0.6) is 0 Å². The van der Waals surface area contributed by atoms with Gasteiger partial charge < -0.3 is 15.4 Å². The minimum atomic E-state index is -0.440. The van der Waals surface area contributed by atoms with Crippen LogP contribution < -0.4 is 5.73 Å². The molecule has 1 aromatic carbocycles. The highest BCUT2D eigenvalue weighted by Gasteiger charge is 2.23. The van der Waals surface area contributed by atoms with Crippen LogP contribution in [0.15, 0.2) is 12.1 Å². The van der Waals surface area contributed by atoms with Gasteiger partial charge in [-0.05, 0) is 44.9 Å². The molecule has 5 heteroatoms. The molecule has 1 amide bonds. The van der Waals surface area contributed by atoms with E-state index in [1.54, 1.807) is 6.07 Å². The van der Waals surface area contributed by atoms with Crippen LogP contribution in [0.1, 0.15) is 35.3 Å². The summed E-state index contributed by atoms with van der Waals surface area (Å²) < 4.78 is 4.63. The number of amides is 1. The zero-order chi connectivity index (χ0) is 15.4. The third kappa shape index (κ3) is 3.50. The zero-order valence-electron chi connectivity index (χ0n) is 12.7. The van der Waals surface area contributed by atoms with E-state index in [1.165, 1.54) is 12.0 Å². The van der Waals surface area contributed by atoms with Crippen molar-refractivity contribution in [2.45, 2.75) is 33.7 Å². The van der Waals surface area contributed by atoms with E-state index in [0.29, 0.717) is 11.3 Å². The lowest BCUT2D eigenvalue weighted by Gasteiger charge is -2.26. The smallest absolute Gasteiger partial charge is 0.325 e. The van der Waals surface area contributed by atoms with Crippen molar-refractivity contribution in [3.8, 4) is 0 Å². The van der Waals surface area contributed by atoms with Crippen LogP contribution in [-0.4, -0.2) is 36.5 Å². The minimum absolute atomic E-state index is 0.0692. The number of nitrogen functional groups attached to an aromatic ring is 1.